The van der Waals surface area contributed by atoms with Crippen LogP contribution in [0.3, 0.4) is 0 Å². The smallest absolute Gasteiger partial charge is 0.337 e. The van der Waals surface area contributed by atoms with Crippen molar-refractivity contribution in [3.05, 3.63) is 29.6 Å². The number of amides is 1. The zero-order chi connectivity index (χ0) is 11.5. The highest BCUT2D eigenvalue weighted by Gasteiger charge is 2.22. The number of carbonyl (C=O) groups excluding carboxylic acids is 1. The van der Waals surface area contributed by atoms with Crippen LogP contribution in [0, 0.1) is 0 Å². The molecule has 0 aromatic carbocycles. The number of carboxylic acid groups (broad SMARTS) is 1. The number of hydrogen-bond donors (Lipinski definition) is 1. The third kappa shape index (κ3) is 2.03. The van der Waals surface area contributed by atoms with Crippen molar-refractivity contribution in [2.75, 3.05) is 6.54 Å². The summed E-state index contributed by atoms with van der Waals surface area (Å²) in [6.07, 6.45) is 2.94. The molecule has 1 aliphatic heterocycles. The van der Waals surface area contributed by atoms with E-state index in [9.17, 15) is 9.59 Å². The molecule has 0 atom stereocenters. The van der Waals surface area contributed by atoms with Gasteiger partial charge in [0.2, 0.25) is 5.91 Å². The van der Waals surface area contributed by atoms with Gasteiger partial charge in [0.15, 0.2) is 0 Å². The third-order valence-electron chi connectivity index (χ3n) is 2.63. The van der Waals surface area contributed by atoms with E-state index in [0.29, 0.717) is 25.2 Å². The molecule has 84 valence electrons. The summed E-state index contributed by atoms with van der Waals surface area (Å²) >= 11 is 0. The molecular weight excluding hydrogens is 208 g/mol. The molecule has 0 radical (unpaired) electrons. The first-order valence-electron chi connectivity index (χ1n) is 5.13. The van der Waals surface area contributed by atoms with Crippen molar-refractivity contribution in [1.82, 2.24) is 9.88 Å². The molecule has 5 nitrogen and oxygen atoms in total. The molecule has 1 amide bonds. The van der Waals surface area contributed by atoms with Gasteiger partial charge in [-0.05, 0) is 18.6 Å². The van der Waals surface area contributed by atoms with Crippen LogP contribution in [0.25, 0.3) is 0 Å². The molecule has 0 spiro atoms. The molecule has 0 aliphatic carbocycles. The van der Waals surface area contributed by atoms with E-state index in [1.54, 1.807) is 17.2 Å². The molecule has 1 N–H and O–H groups in total. The summed E-state index contributed by atoms with van der Waals surface area (Å²) in [4.78, 5) is 28.0. The summed E-state index contributed by atoms with van der Waals surface area (Å²) in [5, 5.41) is 8.96. The van der Waals surface area contributed by atoms with Crippen molar-refractivity contribution in [2.24, 2.45) is 0 Å². The maximum atomic E-state index is 11.4. The van der Waals surface area contributed by atoms with Crippen LogP contribution < -0.4 is 0 Å². The van der Waals surface area contributed by atoms with Crippen LogP contribution in [0.15, 0.2) is 18.3 Å². The largest absolute Gasteiger partial charge is 0.478 e. The molecule has 0 saturated carbocycles. The lowest BCUT2D eigenvalue weighted by molar-refractivity contribution is -0.128. The fourth-order valence-electron chi connectivity index (χ4n) is 1.81. The summed E-state index contributed by atoms with van der Waals surface area (Å²) < 4.78 is 0. The van der Waals surface area contributed by atoms with Gasteiger partial charge in [-0.15, -0.1) is 0 Å². The molecule has 2 rings (SSSR count). The lowest BCUT2D eigenvalue weighted by Gasteiger charge is -2.15. The Hall–Kier alpha value is -1.91. The Morgan fingerprint density at radius 3 is 3.00 bits per heavy atom. The first kappa shape index (κ1) is 10.6. The van der Waals surface area contributed by atoms with E-state index < -0.39 is 5.97 Å². The van der Waals surface area contributed by atoms with Crippen molar-refractivity contribution in [3.8, 4) is 0 Å². The van der Waals surface area contributed by atoms with Gasteiger partial charge >= 0.3 is 5.97 Å². The van der Waals surface area contributed by atoms with Gasteiger partial charge in [-0.3, -0.25) is 9.78 Å². The average molecular weight is 220 g/mol. The highest BCUT2D eigenvalue weighted by molar-refractivity contribution is 5.89. The topological polar surface area (TPSA) is 70.5 Å². The molecule has 1 saturated heterocycles. The van der Waals surface area contributed by atoms with E-state index in [-0.39, 0.29) is 11.5 Å². The van der Waals surface area contributed by atoms with E-state index in [4.69, 9.17) is 5.11 Å². The number of nitrogens with zero attached hydrogens (tertiary/aromatic N) is 2. The summed E-state index contributed by atoms with van der Waals surface area (Å²) in [5.41, 5.74) is 0.618. The fourth-order valence-corrected chi connectivity index (χ4v) is 1.81. The van der Waals surface area contributed by atoms with E-state index in [1.807, 2.05) is 0 Å². The average Bonchev–Trinajstić information content (AvgIpc) is 2.65. The normalized spacial score (nSPS) is 15.5. The zero-order valence-electron chi connectivity index (χ0n) is 8.72. The molecule has 2 heterocycles. The van der Waals surface area contributed by atoms with E-state index in [0.717, 1.165) is 6.42 Å². The van der Waals surface area contributed by atoms with Gasteiger partial charge in [0, 0.05) is 19.2 Å². The molecule has 1 aromatic heterocycles. The van der Waals surface area contributed by atoms with Gasteiger partial charge in [-0.2, -0.15) is 0 Å². The number of hydrogen-bond acceptors (Lipinski definition) is 3. The molecule has 1 fully saturated rings. The monoisotopic (exact) mass is 220 g/mol. The zero-order valence-corrected chi connectivity index (χ0v) is 8.72. The molecule has 16 heavy (non-hydrogen) atoms. The van der Waals surface area contributed by atoms with Gasteiger partial charge in [0.25, 0.3) is 0 Å². The van der Waals surface area contributed by atoms with Gasteiger partial charge in [-0.1, -0.05) is 0 Å². The quantitative estimate of drug-likeness (QED) is 0.821. The summed E-state index contributed by atoms with van der Waals surface area (Å²) in [7, 11) is 0. The van der Waals surface area contributed by atoms with E-state index in [1.165, 1.54) is 6.07 Å². The Morgan fingerprint density at radius 2 is 2.38 bits per heavy atom. The maximum Gasteiger partial charge on any atom is 0.337 e. The molecular formula is C11H12N2O3. The van der Waals surface area contributed by atoms with Crippen LogP contribution in [0.4, 0.5) is 0 Å². The van der Waals surface area contributed by atoms with Crippen LogP contribution >= 0.6 is 0 Å². The Kier molecular flexibility index (Phi) is 2.85. The molecule has 0 bridgehead atoms. The van der Waals surface area contributed by atoms with Crippen LogP contribution in [0.1, 0.15) is 28.9 Å². The number of carbonyl (C=O) groups is 2. The van der Waals surface area contributed by atoms with Crippen LogP contribution in [0.2, 0.25) is 0 Å². The SMILES string of the molecule is O=C(O)c1cccnc1CN1CCCC1=O. The van der Waals surface area contributed by atoms with Crippen molar-refractivity contribution < 1.29 is 14.7 Å². The Morgan fingerprint density at radius 1 is 1.56 bits per heavy atom. The molecule has 1 aliphatic rings. The van der Waals surface area contributed by atoms with Crippen molar-refractivity contribution in [2.45, 2.75) is 19.4 Å². The second-order valence-corrected chi connectivity index (χ2v) is 3.72. The fraction of sp³-hybridized carbons (Fsp3) is 0.364. The number of aromatic carboxylic acids is 1. The molecule has 0 unspecified atom stereocenters. The lowest BCUT2D eigenvalue weighted by Crippen LogP contribution is -2.25. The maximum absolute atomic E-state index is 11.4. The van der Waals surface area contributed by atoms with E-state index in [2.05, 4.69) is 4.98 Å². The van der Waals surface area contributed by atoms with Crippen molar-refractivity contribution in [3.63, 3.8) is 0 Å². The van der Waals surface area contributed by atoms with Gasteiger partial charge in [0.05, 0.1) is 17.8 Å². The van der Waals surface area contributed by atoms with Gasteiger partial charge in [-0.25, -0.2) is 4.79 Å². The van der Waals surface area contributed by atoms with Crippen LogP contribution in [0.5, 0.6) is 0 Å². The highest BCUT2D eigenvalue weighted by Crippen LogP contribution is 2.15. The Bertz CT molecular complexity index is 431. The first-order chi connectivity index (χ1) is 7.68. The predicted molar refractivity (Wildman–Crippen MR) is 55.8 cm³/mol. The summed E-state index contributed by atoms with van der Waals surface area (Å²) in [6.45, 7) is 0.982. The minimum atomic E-state index is -1.00. The van der Waals surface area contributed by atoms with Crippen LogP contribution in [-0.2, 0) is 11.3 Å². The Balaban J connectivity index is 2.20. The number of rotatable bonds is 3. The Labute approximate surface area is 92.7 Å². The minimum absolute atomic E-state index is 0.0713. The van der Waals surface area contributed by atoms with Gasteiger partial charge in [0.1, 0.15) is 0 Å². The van der Waals surface area contributed by atoms with Gasteiger partial charge < -0.3 is 10.0 Å². The highest BCUT2D eigenvalue weighted by atomic mass is 16.4. The second-order valence-electron chi connectivity index (χ2n) is 3.72. The summed E-state index contributed by atoms with van der Waals surface area (Å²) in [6, 6.07) is 3.09. The standard InChI is InChI=1S/C11H12N2O3/c14-10-4-2-6-13(10)7-9-8(11(15)16)3-1-5-12-9/h1,3,5H,2,4,6-7H2,(H,15,16). The minimum Gasteiger partial charge on any atom is -0.478 e. The number of carboxylic acids is 1. The van der Waals surface area contributed by atoms with E-state index >= 15 is 0 Å². The number of likely N-dealkylation sites (tertiary alicyclic amines) is 1. The molecule has 5 heteroatoms. The number of pyridine rings is 1. The lowest BCUT2D eigenvalue weighted by atomic mass is 10.2. The van der Waals surface area contributed by atoms with Crippen molar-refractivity contribution >= 4 is 11.9 Å². The van der Waals surface area contributed by atoms with Crippen LogP contribution in [-0.4, -0.2) is 33.4 Å². The third-order valence-corrected chi connectivity index (χ3v) is 2.63. The molecule has 1 aromatic rings. The first-order valence-corrected chi connectivity index (χ1v) is 5.13. The predicted octanol–water partition coefficient (Wildman–Crippen LogP) is 0.902. The second kappa shape index (κ2) is 4.30. The number of aromatic nitrogens is 1. The summed E-state index contributed by atoms with van der Waals surface area (Å²) in [5.74, 6) is -0.934. The van der Waals surface area contributed by atoms with Crippen molar-refractivity contribution in [1.29, 1.82) is 0 Å².